The molecule has 0 unspecified atom stereocenters. The van der Waals surface area contributed by atoms with Gasteiger partial charge in [-0.05, 0) is 26.0 Å². The fraction of sp³-hybridized carbons (Fsp3) is 0.333. The highest BCUT2D eigenvalue weighted by molar-refractivity contribution is 7.07. The lowest BCUT2D eigenvalue weighted by atomic mass is 10.3. The molecule has 0 aliphatic carbocycles. The van der Waals surface area contributed by atoms with Gasteiger partial charge in [-0.1, -0.05) is 6.07 Å². The monoisotopic (exact) mass is 484 g/mol. The summed E-state index contributed by atoms with van der Waals surface area (Å²) >= 11 is 1.03. The van der Waals surface area contributed by atoms with E-state index >= 15 is 0 Å². The molecule has 3 amide bonds. The predicted octanol–water partition coefficient (Wildman–Crippen LogP) is -1.69. The molecule has 0 spiro atoms. The topological polar surface area (TPSA) is 161 Å². The van der Waals surface area contributed by atoms with E-state index in [-0.39, 0.29) is 45.2 Å². The molecule has 2 aromatic heterocycles. The zero-order valence-electron chi connectivity index (χ0n) is 18.7. The summed E-state index contributed by atoms with van der Waals surface area (Å²) in [6.45, 7) is 4.68. The minimum Gasteiger partial charge on any atom is -0.352 e. The molecule has 0 saturated carbocycles. The van der Waals surface area contributed by atoms with Crippen molar-refractivity contribution in [3.05, 3.63) is 37.7 Å². The van der Waals surface area contributed by atoms with Crippen molar-refractivity contribution in [2.75, 3.05) is 36.9 Å². The largest absolute Gasteiger partial charge is 0.352 e. The van der Waals surface area contributed by atoms with Crippen LogP contribution in [0.2, 0.25) is 0 Å². The summed E-state index contributed by atoms with van der Waals surface area (Å²) in [5.41, 5.74) is -0.464. The fourth-order valence-corrected chi connectivity index (χ4v) is 4.26. The maximum atomic E-state index is 12.8. The van der Waals surface area contributed by atoms with Crippen molar-refractivity contribution in [3.63, 3.8) is 0 Å². The highest BCUT2D eigenvalue weighted by atomic mass is 32.1. The quantitative estimate of drug-likeness (QED) is 0.345. The van der Waals surface area contributed by atoms with E-state index in [0.717, 1.165) is 11.3 Å². The second-order valence-corrected chi connectivity index (χ2v) is 8.19. The van der Waals surface area contributed by atoms with Gasteiger partial charge in [0.05, 0.1) is 19.8 Å². The lowest BCUT2D eigenvalue weighted by Crippen LogP contribution is -2.34. The number of hydrogen-bond acceptors (Lipinski definition) is 9. The van der Waals surface area contributed by atoms with Crippen LogP contribution in [0.15, 0.2) is 23.0 Å². The summed E-state index contributed by atoms with van der Waals surface area (Å²) in [6, 6.07) is 6.84. The van der Waals surface area contributed by atoms with Gasteiger partial charge in [0.25, 0.3) is 11.5 Å². The first-order valence-electron chi connectivity index (χ1n) is 10.5. The number of pyridine rings is 1. The molecule has 1 fully saturated rings. The average molecular weight is 485 g/mol. The minimum absolute atomic E-state index is 0.0437. The van der Waals surface area contributed by atoms with Crippen LogP contribution in [0.4, 0.5) is 11.6 Å². The molecule has 2 aromatic rings. The van der Waals surface area contributed by atoms with Gasteiger partial charge in [0.1, 0.15) is 26.9 Å². The first kappa shape index (κ1) is 24.6. The Balaban J connectivity index is 1.81. The van der Waals surface area contributed by atoms with Crippen molar-refractivity contribution in [1.29, 1.82) is 5.26 Å². The Morgan fingerprint density at radius 2 is 2.06 bits per heavy atom. The van der Waals surface area contributed by atoms with Crippen LogP contribution in [0.25, 0.3) is 11.8 Å². The van der Waals surface area contributed by atoms with Gasteiger partial charge in [0, 0.05) is 19.3 Å². The number of rotatable bonds is 8. The lowest BCUT2D eigenvalue weighted by Gasteiger charge is -2.12. The second-order valence-electron chi connectivity index (χ2n) is 7.16. The Kier molecular flexibility index (Phi) is 8.12. The Hall–Kier alpha value is -4.02. The number of anilines is 2. The third-order valence-electron chi connectivity index (χ3n) is 4.72. The van der Waals surface area contributed by atoms with E-state index in [0.29, 0.717) is 31.4 Å². The molecule has 13 heteroatoms. The SMILES string of the molecule is CCNC(=O)C(C#N)=c1sc(=CNc2cccc(NC(=O)CN3CNC(=O)C3)n2)c(=O)n1CC. The summed E-state index contributed by atoms with van der Waals surface area (Å²) in [5, 5.41) is 20.3. The molecule has 0 radical (unpaired) electrons. The average Bonchev–Trinajstić information content (AvgIpc) is 3.35. The summed E-state index contributed by atoms with van der Waals surface area (Å²) in [4.78, 5) is 54.4. The van der Waals surface area contributed by atoms with E-state index < -0.39 is 5.91 Å². The van der Waals surface area contributed by atoms with E-state index in [1.54, 1.807) is 36.9 Å². The van der Waals surface area contributed by atoms with Gasteiger partial charge in [-0.3, -0.25) is 28.6 Å². The van der Waals surface area contributed by atoms with Crippen LogP contribution in [-0.4, -0.2) is 58.5 Å². The fourth-order valence-electron chi connectivity index (χ4n) is 3.17. The molecule has 34 heavy (non-hydrogen) atoms. The minimum atomic E-state index is -0.535. The van der Waals surface area contributed by atoms with Gasteiger partial charge in [-0.2, -0.15) is 5.26 Å². The van der Waals surface area contributed by atoms with Crippen molar-refractivity contribution in [2.45, 2.75) is 20.4 Å². The number of hydrogen-bond donors (Lipinski definition) is 4. The summed E-state index contributed by atoms with van der Waals surface area (Å²) in [6.07, 6.45) is 1.45. The van der Waals surface area contributed by atoms with E-state index in [1.165, 1.54) is 10.8 Å². The Bertz CT molecular complexity index is 1320. The standard InChI is InChI=1S/C21H24N8O4S/c1-3-23-19(32)13(8-22)21-29(4-2)20(33)14(34-21)9-24-15-6-5-7-16(26-15)27-18(31)11-28-10-17(30)25-12-28/h5-7,9H,3-4,10-12H2,1-2H3,(H,23,32)(H,25,30)(H2,24,26,27,31). The first-order valence-corrected chi connectivity index (χ1v) is 11.3. The first-order chi connectivity index (χ1) is 16.4. The van der Waals surface area contributed by atoms with Crippen LogP contribution < -0.4 is 36.0 Å². The van der Waals surface area contributed by atoms with Crippen molar-refractivity contribution < 1.29 is 14.4 Å². The van der Waals surface area contributed by atoms with Crippen molar-refractivity contribution in [3.8, 4) is 6.07 Å². The number of nitrogens with zero attached hydrogens (tertiary/aromatic N) is 4. The number of aromatic nitrogens is 2. The highest BCUT2D eigenvalue weighted by Crippen LogP contribution is 2.09. The maximum Gasteiger partial charge on any atom is 0.270 e. The number of nitrogens with one attached hydrogen (secondary N) is 4. The number of nitriles is 1. The van der Waals surface area contributed by atoms with Crippen molar-refractivity contribution in [1.82, 2.24) is 25.1 Å². The molecule has 1 aliphatic rings. The van der Waals surface area contributed by atoms with E-state index in [2.05, 4.69) is 26.3 Å². The van der Waals surface area contributed by atoms with Crippen LogP contribution in [0.3, 0.4) is 0 Å². The predicted molar refractivity (Wildman–Crippen MR) is 127 cm³/mol. The van der Waals surface area contributed by atoms with Gasteiger partial charge in [0.2, 0.25) is 11.8 Å². The van der Waals surface area contributed by atoms with Gasteiger partial charge in [0.15, 0.2) is 5.57 Å². The molecule has 0 aromatic carbocycles. The molecular weight excluding hydrogens is 460 g/mol. The molecular formula is C21H24N8O4S. The van der Waals surface area contributed by atoms with Crippen LogP contribution in [-0.2, 0) is 20.9 Å². The number of carbonyl (C=O) groups is 3. The van der Waals surface area contributed by atoms with Crippen molar-refractivity contribution in [2.24, 2.45) is 0 Å². The zero-order chi connectivity index (χ0) is 24.7. The van der Waals surface area contributed by atoms with Crippen molar-refractivity contribution >= 4 is 52.5 Å². The number of thiazole rings is 1. The molecule has 3 heterocycles. The number of amides is 3. The summed E-state index contributed by atoms with van der Waals surface area (Å²) in [5.74, 6) is -0.301. The van der Waals surface area contributed by atoms with Gasteiger partial charge in [-0.15, -0.1) is 11.3 Å². The summed E-state index contributed by atoms with van der Waals surface area (Å²) < 4.78 is 1.93. The molecule has 1 saturated heterocycles. The van der Waals surface area contributed by atoms with Gasteiger partial charge in [-0.25, -0.2) is 4.98 Å². The normalized spacial score (nSPS) is 14.9. The number of carbonyl (C=O) groups excluding carboxylic acids is 3. The van der Waals surface area contributed by atoms with Crippen LogP contribution in [0.5, 0.6) is 0 Å². The maximum absolute atomic E-state index is 12.8. The van der Waals surface area contributed by atoms with E-state index in [1.807, 2.05) is 6.07 Å². The smallest absolute Gasteiger partial charge is 0.270 e. The van der Waals surface area contributed by atoms with Gasteiger partial charge >= 0.3 is 0 Å². The summed E-state index contributed by atoms with van der Waals surface area (Å²) in [7, 11) is 0. The van der Waals surface area contributed by atoms with E-state index in [4.69, 9.17) is 0 Å². The third kappa shape index (κ3) is 5.85. The van der Waals surface area contributed by atoms with Crippen LogP contribution in [0.1, 0.15) is 13.8 Å². The molecule has 0 bridgehead atoms. The molecule has 178 valence electrons. The Morgan fingerprint density at radius 1 is 1.29 bits per heavy atom. The third-order valence-corrected chi connectivity index (χ3v) is 5.85. The van der Waals surface area contributed by atoms with Crippen LogP contribution in [0, 0.1) is 11.3 Å². The zero-order valence-corrected chi connectivity index (χ0v) is 19.5. The molecule has 4 N–H and O–H groups in total. The van der Waals surface area contributed by atoms with Gasteiger partial charge < -0.3 is 21.3 Å². The molecule has 3 rings (SSSR count). The second kappa shape index (κ2) is 11.2. The molecule has 0 atom stereocenters. The Labute approximate surface area is 198 Å². The molecule has 12 nitrogen and oxygen atoms in total. The lowest BCUT2D eigenvalue weighted by molar-refractivity contribution is -0.119. The van der Waals surface area contributed by atoms with E-state index in [9.17, 15) is 24.4 Å². The molecule has 1 aliphatic heterocycles. The van der Waals surface area contributed by atoms with Crippen LogP contribution >= 0.6 is 11.3 Å². The Morgan fingerprint density at radius 3 is 2.71 bits per heavy atom. The highest BCUT2D eigenvalue weighted by Gasteiger charge is 2.20.